The Kier molecular flexibility index (Phi) is 8.55. The molecule has 0 spiro atoms. The van der Waals surface area contributed by atoms with Crippen molar-refractivity contribution < 1.29 is 18.7 Å². The standard InChI is InChI=1S/C24H30FN3O3/c1-31-15-5-13-26-24(30)21-7-2-3-8-22(21)27-23(29)19-6-4-14-28(17-19)16-18-9-11-20(25)12-10-18/h2-3,7-12,19H,4-6,13-17H2,1H3,(H,26,30)(H,27,29). The minimum absolute atomic E-state index is 0.0801. The Balaban J connectivity index is 1.58. The number of hydrogen-bond acceptors (Lipinski definition) is 4. The van der Waals surface area contributed by atoms with Crippen molar-refractivity contribution in [1.82, 2.24) is 10.2 Å². The van der Waals surface area contributed by atoms with E-state index in [-0.39, 0.29) is 23.5 Å². The van der Waals surface area contributed by atoms with Crippen molar-refractivity contribution in [2.24, 2.45) is 5.92 Å². The zero-order valence-corrected chi connectivity index (χ0v) is 17.9. The molecule has 2 N–H and O–H groups in total. The summed E-state index contributed by atoms with van der Waals surface area (Å²) in [6.07, 6.45) is 2.45. The number of ether oxygens (including phenoxy) is 1. The molecule has 1 fully saturated rings. The Morgan fingerprint density at radius 2 is 1.94 bits per heavy atom. The molecular weight excluding hydrogens is 397 g/mol. The molecule has 1 heterocycles. The second kappa shape index (κ2) is 11.6. The first-order chi connectivity index (χ1) is 15.1. The molecule has 1 aliphatic heterocycles. The van der Waals surface area contributed by atoms with E-state index < -0.39 is 0 Å². The van der Waals surface area contributed by atoms with Gasteiger partial charge in [-0.15, -0.1) is 0 Å². The molecule has 3 rings (SSSR count). The smallest absolute Gasteiger partial charge is 0.253 e. The van der Waals surface area contributed by atoms with Gasteiger partial charge in [0.25, 0.3) is 5.91 Å². The van der Waals surface area contributed by atoms with Crippen LogP contribution >= 0.6 is 0 Å². The van der Waals surface area contributed by atoms with E-state index >= 15 is 0 Å². The normalized spacial score (nSPS) is 16.6. The van der Waals surface area contributed by atoms with E-state index in [1.807, 2.05) is 0 Å². The zero-order valence-electron chi connectivity index (χ0n) is 17.9. The lowest BCUT2D eigenvalue weighted by atomic mass is 9.96. The van der Waals surface area contributed by atoms with E-state index in [2.05, 4.69) is 15.5 Å². The van der Waals surface area contributed by atoms with Crippen LogP contribution in [0, 0.1) is 11.7 Å². The molecule has 1 saturated heterocycles. The van der Waals surface area contributed by atoms with Crippen molar-refractivity contribution in [3.05, 3.63) is 65.5 Å². The summed E-state index contributed by atoms with van der Waals surface area (Å²) in [6, 6.07) is 13.5. The molecule has 1 atom stereocenters. The average molecular weight is 428 g/mol. The summed E-state index contributed by atoms with van der Waals surface area (Å²) in [5, 5.41) is 5.81. The number of likely N-dealkylation sites (tertiary alicyclic amines) is 1. The van der Waals surface area contributed by atoms with Gasteiger partial charge in [-0.25, -0.2) is 4.39 Å². The van der Waals surface area contributed by atoms with Crippen molar-refractivity contribution in [2.75, 3.05) is 38.7 Å². The second-order valence-electron chi connectivity index (χ2n) is 7.84. The Hall–Kier alpha value is -2.77. The number of piperidine rings is 1. The molecule has 7 heteroatoms. The van der Waals surface area contributed by atoms with Gasteiger partial charge in [0.1, 0.15) is 5.82 Å². The summed E-state index contributed by atoms with van der Waals surface area (Å²) >= 11 is 0. The highest BCUT2D eigenvalue weighted by Crippen LogP contribution is 2.22. The lowest BCUT2D eigenvalue weighted by molar-refractivity contribution is -0.121. The molecule has 0 saturated carbocycles. The summed E-state index contributed by atoms with van der Waals surface area (Å²) in [7, 11) is 1.62. The molecule has 166 valence electrons. The minimum atomic E-state index is -0.249. The minimum Gasteiger partial charge on any atom is -0.385 e. The van der Waals surface area contributed by atoms with Crippen LogP contribution in [0.2, 0.25) is 0 Å². The molecule has 2 aromatic carbocycles. The lowest BCUT2D eigenvalue weighted by Gasteiger charge is -2.32. The van der Waals surface area contributed by atoms with Gasteiger partial charge in [-0.05, 0) is 55.6 Å². The molecule has 0 aliphatic carbocycles. The van der Waals surface area contributed by atoms with Crippen LogP contribution in [0.1, 0.15) is 35.2 Å². The highest BCUT2D eigenvalue weighted by atomic mass is 19.1. The molecule has 1 unspecified atom stereocenters. The van der Waals surface area contributed by atoms with Crippen LogP contribution in [0.15, 0.2) is 48.5 Å². The maximum absolute atomic E-state index is 13.1. The van der Waals surface area contributed by atoms with Crippen molar-refractivity contribution in [3.63, 3.8) is 0 Å². The highest BCUT2D eigenvalue weighted by molar-refractivity contribution is 6.04. The van der Waals surface area contributed by atoms with E-state index in [4.69, 9.17) is 4.74 Å². The first-order valence-electron chi connectivity index (χ1n) is 10.7. The third-order valence-electron chi connectivity index (χ3n) is 5.44. The molecular formula is C24H30FN3O3. The van der Waals surface area contributed by atoms with E-state index in [0.29, 0.717) is 37.5 Å². The molecule has 0 radical (unpaired) electrons. The van der Waals surface area contributed by atoms with Crippen LogP contribution in [0.25, 0.3) is 0 Å². The Morgan fingerprint density at radius 1 is 1.16 bits per heavy atom. The first kappa shape index (κ1) is 22.9. The molecule has 0 bridgehead atoms. The van der Waals surface area contributed by atoms with Gasteiger partial charge in [-0.2, -0.15) is 0 Å². The fourth-order valence-electron chi connectivity index (χ4n) is 3.80. The first-order valence-corrected chi connectivity index (χ1v) is 10.7. The molecule has 6 nitrogen and oxygen atoms in total. The van der Waals surface area contributed by atoms with Crippen LogP contribution in [0.3, 0.4) is 0 Å². The number of rotatable bonds is 9. The fourth-order valence-corrected chi connectivity index (χ4v) is 3.80. The zero-order chi connectivity index (χ0) is 22.1. The van der Waals surface area contributed by atoms with Crippen molar-refractivity contribution in [2.45, 2.75) is 25.8 Å². The largest absolute Gasteiger partial charge is 0.385 e. The number of methoxy groups -OCH3 is 1. The molecule has 0 aromatic heterocycles. The van der Waals surface area contributed by atoms with Crippen molar-refractivity contribution in [1.29, 1.82) is 0 Å². The molecule has 2 amide bonds. The summed E-state index contributed by atoms with van der Waals surface area (Å²) < 4.78 is 18.1. The van der Waals surface area contributed by atoms with Gasteiger partial charge in [0, 0.05) is 33.4 Å². The van der Waals surface area contributed by atoms with E-state index in [9.17, 15) is 14.0 Å². The SMILES string of the molecule is COCCCNC(=O)c1ccccc1NC(=O)C1CCCN(Cc2ccc(F)cc2)C1. The Labute approximate surface area is 182 Å². The number of anilines is 1. The summed E-state index contributed by atoms with van der Waals surface area (Å²) in [6.45, 7) is 3.31. The number of benzene rings is 2. The monoisotopic (exact) mass is 427 g/mol. The van der Waals surface area contributed by atoms with Crippen LogP contribution in [-0.4, -0.2) is 50.1 Å². The number of carbonyl (C=O) groups is 2. The van der Waals surface area contributed by atoms with Crippen LogP contribution < -0.4 is 10.6 Å². The summed E-state index contributed by atoms with van der Waals surface area (Å²) in [4.78, 5) is 27.7. The number of hydrogen-bond donors (Lipinski definition) is 2. The number of halogens is 1. The van der Waals surface area contributed by atoms with Gasteiger partial charge in [-0.1, -0.05) is 24.3 Å². The third-order valence-corrected chi connectivity index (χ3v) is 5.44. The van der Waals surface area contributed by atoms with Gasteiger partial charge >= 0.3 is 0 Å². The van der Waals surface area contributed by atoms with Gasteiger partial charge in [0.15, 0.2) is 0 Å². The van der Waals surface area contributed by atoms with Crippen LogP contribution in [0.4, 0.5) is 10.1 Å². The topological polar surface area (TPSA) is 70.7 Å². The molecule has 2 aromatic rings. The predicted molar refractivity (Wildman–Crippen MR) is 118 cm³/mol. The van der Waals surface area contributed by atoms with Crippen molar-refractivity contribution in [3.8, 4) is 0 Å². The third kappa shape index (κ3) is 6.87. The van der Waals surface area contributed by atoms with Gasteiger partial charge < -0.3 is 15.4 Å². The highest BCUT2D eigenvalue weighted by Gasteiger charge is 2.26. The lowest BCUT2D eigenvalue weighted by Crippen LogP contribution is -2.40. The predicted octanol–water partition coefficient (Wildman–Crippen LogP) is 3.44. The maximum atomic E-state index is 13.1. The Morgan fingerprint density at radius 3 is 2.71 bits per heavy atom. The molecule has 31 heavy (non-hydrogen) atoms. The average Bonchev–Trinajstić information content (AvgIpc) is 2.79. The number of carbonyl (C=O) groups excluding carboxylic acids is 2. The maximum Gasteiger partial charge on any atom is 0.253 e. The van der Waals surface area contributed by atoms with Crippen LogP contribution in [0.5, 0.6) is 0 Å². The van der Waals surface area contributed by atoms with Crippen LogP contribution in [-0.2, 0) is 16.1 Å². The van der Waals surface area contributed by atoms with Gasteiger partial charge in [0.2, 0.25) is 5.91 Å². The van der Waals surface area contributed by atoms with Gasteiger partial charge in [-0.3, -0.25) is 14.5 Å². The number of nitrogens with zero attached hydrogens (tertiary/aromatic N) is 1. The number of amides is 2. The number of nitrogens with one attached hydrogen (secondary N) is 2. The van der Waals surface area contributed by atoms with E-state index in [1.165, 1.54) is 12.1 Å². The van der Waals surface area contributed by atoms with E-state index in [0.717, 1.165) is 31.4 Å². The summed E-state index contributed by atoms with van der Waals surface area (Å²) in [5.74, 6) is -0.704. The second-order valence-corrected chi connectivity index (χ2v) is 7.84. The van der Waals surface area contributed by atoms with Crippen molar-refractivity contribution >= 4 is 17.5 Å². The van der Waals surface area contributed by atoms with Gasteiger partial charge in [0.05, 0.1) is 17.2 Å². The quantitative estimate of drug-likeness (QED) is 0.602. The number of para-hydroxylation sites is 1. The Bertz CT molecular complexity index is 873. The fraction of sp³-hybridized carbons (Fsp3) is 0.417. The molecule has 1 aliphatic rings. The summed E-state index contributed by atoms with van der Waals surface area (Å²) in [5.41, 5.74) is 2.00. The van der Waals surface area contributed by atoms with E-state index in [1.54, 1.807) is 43.5 Å².